The molecule has 19 heavy (non-hydrogen) atoms. The summed E-state index contributed by atoms with van der Waals surface area (Å²) in [4.78, 5) is 16.8. The molecule has 2 rings (SSSR count). The van der Waals surface area contributed by atoms with Crippen molar-refractivity contribution in [3.05, 3.63) is 33.2 Å². The molecule has 1 aliphatic rings. The molecule has 1 aliphatic heterocycles. The second kappa shape index (κ2) is 5.86. The molecule has 0 amide bonds. The lowest BCUT2D eigenvalue weighted by molar-refractivity contribution is 0.299. The smallest absolute Gasteiger partial charge is 0.255 e. The maximum atomic E-state index is 12.4. The minimum Gasteiger partial charge on any atom is -0.326 e. The number of rotatable bonds is 4. The van der Waals surface area contributed by atoms with Gasteiger partial charge in [0, 0.05) is 50.4 Å². The Morgan fingerprint density at radius 2 is 2.16 bits per heavy atom. The lowest BCUT2D eigenvalue weighted by Crippen LogP contribution is -2.37. The second-order valence-corrected chi connectivity index (χ2v) is 5.59. The van der Waals surface area contributed by atoms with Crippen molar-refractivity contribution in [2.75, 3.05) is 34.2 Å². The van der Waals surface area contributed by atoms with E-state index in [1.807, 2.05) is 24.7 Å². The molecular formula is C14H24N4O. The molecule has 0 aliphatic carbocycles. The summed E-state index contributed by atoms with van der Waals surface area (Å²) in [6, 6.07) is 2.00. The molecule has 0 unspecified atom stereocenters. The van der Waals surface area contributed by atoms with Crippen molar-refractivity contribution in [3.63, 3.8) is 0 Å². The van der Waals surface area contributed by atoms with Crippen LogP contribution >= 0.6 is 0 Å². The molecule has 5 nitrogen and oxygen atoms in total. The quantitative estimate of drug-likeness (QED) is 0.822. The molecule has 106 valence electrons. The molecule has 0 bridgehead atoms. The van der Waals surface area contributed by atoms with Gasteiger partial charge in [0.15, 0.2) is 0 Å². The first kappa shape index (κ1) is 14.2. The molecule has 0 saturated carbocycles. The van der Waals surface area contributed by atoms with Gasteiger partial charge in [-0.3, -0.25) is 4.79 Å². The van der Waals surface area contributed by atoms with Gasteiger partial charge in [0.2, 0.25) is 0 Å². The maximum Gasteiger partial charge on any atom is 0.255 e. The van der Waals surface area contributed by atoms with Crippen LogP contribution in [0.1, 0.15) is 16.8 Å². The number of hydrogen-bond donors (Lipinski definition) is 1. The highest BCUT2D eigenvalue weighted by atomic mass is 16.1. The van der Waals surface area contributed by atoms with E-state index in [4.69, 9.17) is 5.73 Å². The third-order valence-corrected chi connectivity index (χ3v) is 3.73. The van der Waals surface area contributed by atoms with Gasteiger partial charge in [-0.2, -0.15) is 0 Å². The van der Waals surface area contributed by atoms with E-state index in [1.54, 1.807) is 0 Å². The van der Waals surface area contributed by atoms with E-state index in [0.717, 1.165) is 38.2 Å². The van der Waals surface area contributed by atoms with E-state index in [-0.39, 0.29) is 5.56 Å². The maximum absolute atomic E-state index is 12.4. The zero-order valence-corrected chi connectivity index (χ0v) is 12.1. The molecule has 1 aromatic rings. The Labute approximate surface area is 114 Å². The van der Waals surface area contributed by atoms with Gasteiger partial charge in [-0.15, -0.1) is 0 Å². The molecule has 0 fully saturated rings. The van der Waals surface area contributed by atoms with Crippen molar-refractivity contribution in [3.8, 4) is 0 Å². The SMILES string of the molecule is CN(C)CCn1c2c(cc(CN)c1=O)CN(C)CC2. The highest BCUT2D eigenvalue weighted by Crippen LogP contribution is 2.17. The zero-order chi connectivity index (χ0) is 14.0. The first-order valence-electron chi connectivity index (χ1n) is 6.80. The molecule has 2 N–H and O–H groups in total. The van der Waals surface area contributed by atoms with E-state index >= 15 is 0 Å². The van der Waals surface area contributed by atoms with Gasteiger partial charge in [0.25, 0.3) is 5.56 Å². The zero-order valence-electron chi connectivity index (χ0n) is 12.1. The van der Waals surface area contributed by atoms with Crippen LogP contribution < -0.4 is 11.3 Å². The van der Waals surface area contributed by atoms with Crippen LogP contribution in [0.25, 0.3) is 0 Å². The molecule has 1 aromatic heterocycles. The molecular weight excluding hydrogens is 240 g/mol. The molecule has 0 radical (unpaired) electrons. The van der Waals surface area contributed by atoms with Crippen LogP contribution in [0, 0.1) is 0 Å². The minimum atomic E-state index is 0.0904. The highest BCUT2D eigenvalue weighted by Gasteiger charge is 2.19. The number of hydrogen-bond acceptors (Lipinski definition) is 4. The molecule has 0 aromatic carbocycles. The summed E-state index contributed by atoms with van der Waals surface area (Å²) < 4.78 is 1.94. The lowest BCUT2D eigenvalue weighted by Gasteiger charge is -2.28. The number of fused-ring (bicyclic) bond motifs is 1. The molecule has 2 heterocycles. The lowest BCUT2D eigenvalue weighted by atomic mass is 10.0. The summed E-state index contributed by atoms with van der Waals surface area (Å²) in [6.45, 7) is 3.85. The summed E-state index contributed by atoms with van der Waals surface area (Å²) in [5, 5.41) is 0. The monoisotopic (exact) mass is 264 g/mol. The largest absolute Gasteiger partial charge is 0.326 e. The fraction of sp³-hybridized carbons (Fsp3) is 0.643. The van der Waals surface area contributed by atoms with Crippen LogP contribution in [-0.2, 0) is 26.1 Å². The van der Waals surface area contributed by atoms with Crippen LogP contribution in [0.3, 0.4) is 0 Å². The van der Waals surface area contributed by atoms with Crippen molar-refractivity contribution in [1.82, 2.24) is 14.4 Å². The molecule has 0 atom stereocenters. The second-order valence-electron chi connectivity index (χ2n) is 5.59. The van der Waals surface area contributed by atoms with E-state index in [2.05, 4.69) is 16.8 Å². The predicted molar refractivity (Wildman–Crippen MR) is 77.2 cm³/mol. The highest BCUT2D eigenvalue weighted by molar-refractivity contribution is 5.29. The third kappa shape index (κ3) is 3.05. The Morgan fingerprint density at radius 3 is 2.79 bits per heavy atom. The fourth-order valence-corrected chi connectivity index (χ4v) is 2.61. The van der Waals surface area contributed by atoms with Crippen LogP contribution in [0.2, 0.25) is 0 Å². The predicted octanol–water partition coefficient (Wildman–Crippen LogP) is -0.143. The van der Waals surface area contributed by atoms with E-state index < -0.39 is 0 Å². The molecule has 0 spiro atoms. The Morgan fingerprint density at radius 1 is 1.42 bits per heavy atom. The van der Waals surface area contributed by atoms with Crippen LogP contribution in [0.4, 0.5) is 0 Å². The summed E-state index contributed by atoms with van der Waals surface area (Å²) in [5.41, 5.74) is 8.98. The number of likely N-dealkylation sites (N-methyl/N-ethyl adjacent to an activating group) is 2. The summed E-state index contributed by atoms with van der Waals surface area (Å²) in [5.74, 6) is 0. The van der Waals surface area contributed by atoms with Gasteiger partial charge < -0.3 is 20.1 Å². The van der Waals surface area contributed by atoms with E-state index in [9.17, 15) is 4.79 Å². The molecule has 5 heteroatoms. The average Bonchev–Trinajstić information content (AvgIpc) is 2.37. The van der Waals surface area contributed by atoms with Crippen molar-refractivity contribution < 1.29 is 0 Å². The fourth-order valence-electron chi connectivity index (χ4n) is 2.61. The first-order valence-corrected chi connectivity index (χ1v) is 6.80. The first-order chi connectivity index (χ1) is 9.02. The average molecular weight is 264 g/mol. The van der Waals surface area contributed by atoms with Crippen LogP contribution in [-0.4, -0.2) is 48.6 Å². The van der Waals surface area contributed by atoms with Gasteiger partial charge in [-0.05, 0) is 32.8 Å². The van der Waals surface area contributed by atoms with Crippen LogP contribution in [0.5, 0.6) is 0 Å². The van der Waals surface area contributed by atoms with Gasteiger partial charge in [-0.1, -0.05) is 0 Å². The number of nitrogens with zero attached hydrogens (tertiary/aromatic N) is 3. The Hall–Kier alpha value is -1.17. The Kier molecular flexibility index (Phi) is 4.39. The normalized spacial score (nSPS) is 15.8. The summed E-state index contributed by atoms with van der Waals surface area (Å²) in [6.07, 6.45) is 0.944. The van der Waals surface area contributed by atoms with Gasteiger partial charge in [0.1, 0.15) is 0 Å². The summed E-state index contributed by atoms with van der Waals surface area (Å²) >= 11 is 0. The van der Waals surface area contributed by atoms with E-state index in [0.29, 0.717) is 6.54 Å². The topological polar surface area (TPSA) is 54.5 Å². The number of aromatic nitrogens is 1. The Balaban J connectivity index is 2.43. The van der Waals surface area contributed by atoms with Crippen molar-refractivity contribution >= 4 is 0 Å². The standard InChI is InChI=1S/C14H24N4O/c1-16(2)6-7-18-13-4-5-17(3)10-12(13)8-11(9-15)14(18)19/h8H,4-7,9-10,15H2,1-3H3. The van der Waals surface area contributed by atoms with Crippen molar-refractivity contribution in [1.29, 1.82) is 0 Å². The molecule has 0 saturated heterocycles. The van der Waals surface area contributed by atoms with E-state index in [1.165, 1.54) is 11.3 Å². The number of nitrogens with two attached hydrogens (primary N) is 1. The van der Waals surface area contributed by atoms with Gasteiger partial charge in [0.05, 0.1) is 0 Å². The third-order valence-electron chi connectivity index (χ3n) is 3.73. The van der Waals surface area contributed by atoms with Crippen molar-refractivity contribution in [2.45, 2.75) is 26.1 Å². The Bertz CT molecular complexity index is 507. The van der Waals surface area contributed by atoms with Gasteiger partial charge in [-0.25, -0.2) is 0 Å². The van der Waals surface area contributed by atoms with Crippen LogP contribution in [0.15, 0.2) is 10.9 Å². The van der Waals surface area contributed by atoms with Gasteiger partial charge >= 0.3 is 0 Å². The minimum absolute atomic E-state index is 0.0904. The van der Waals surface area contributed by atoms with Crippen molar-refractivity contribution in [2.24, 2.45) is 5.73 Å². The number of pyridine rings is 1. The summed E-state index contributed by atoms with van der Waals surface area (Å²) in [7, 11) is 6.16.